The van der Waals surface area contributed by atoms with E-state index in [9.17, 15) is 5.11 Å². The average Bonchev–Trinajstić information content (AvgIpc) is 2.64. The molecule has 0 saturated carbocycles. The maximum absolute atomic E-state index is 10.4. The number of aliphatic hydroxyl groups excluding tert-OH is 1. The van der Waals surface area contributed by atoms with Crippen molar-refractivity contribution in [3.05, 3.63) is 29.8 Å². The van der Waals surface area contributed by atoms with Gasteiger partial charge in [-0.15, -0.1) is 0 Å². The number of aliphatic hydroxyl groups is 1. The summed E-state index contributed by atoms with van der Waals surface area (Å²) in [6, 6.07) is 8.56. The van der Waals surface area contributed by atoms with Crippen LogP contribution in [0, 0.1) is 0 Å². The number of guanidine groups is 1. The molecule has 0 radical (unpaired) electrons. The van der Waals surface area contributed by atoms with Crippen LogP contribution in [0.3, 0.4) is 0 Å². The summed E-state index contributed by atoms with van der Waals surface area (Å²) >= 11 is 0. The summed E-state index contributed by atoms with van der Waals surface area (Å²) in [5.74, 6) is 1.47. The number of aliphatic imine (C=N–C) groups is 1. The molecule has 0 spiro atoms. The van der Waals surface area contributed by atoms with E-state index >= 15 is 0 Å². The van der Waals surface area contributed by atoms with Gasteiger partial charge in [0.15, 0.2) is 5.96 Å². The molecular formula is C21H38N4O2. The first kappa shape index (κ1) is 23.2. The number of hydrogen-bond donors (Lipinski definition) is 3. The van der Waals surface area contributed by atoms with Gasteiger partial charge in [-0.1, -0.05) is 12.1 Å². The van der Waals surface area contributed by atoms with Crippen LogP contribution in [0.25, 0.3) is 0 Å². The van der Waals surface area contributed by atoms with Crippen LogP contribution in [0.1, 0.15) is 52.7 Å². The monoisotopic (exact) mass is 378 g/mol. The molecule has 1 aromatic rings. The van der Waals surface area contributed by atoms with Gasteiger partial charge < -0.3 is 20.5 Å². The molecule has 154 valence electrons. The fourth-order valence-electron chi connectivity index (χ4n) is 3.05. The maximum Gasteiger partial charge on any atom is 0.191 e. The number of benzene rings is 1. The van der Waals surface area contributed by atoms with E-state index in [0.29, 0.717) is 18.6 Å². The molecule has 1 atom stereocenters. The first-order valence-corrected chi connectivity index (χ1v) is 9.98. The molecule has 0 bridgehead atoms. The fraction of sp³-hybridized carbons (Fsp3) is 0.667. The Bertz CT molecular complexity index is 553. The smallest absolute Gasteiger partial charge is 0.191 e. The van der Waals surface area contributed by atoms with E-state index in [1.807, 2.05) is 31.2 Å². The highest BCUT2D eigenvalue weighted by molar-refractivity contribution is 5.79. The molecule has 27 heavy (non-hydrogen) atoms. The number of ether oxygens (including phenoxy) is 1. The Hall–Kier alpha value is -1.79. The third-order valence-corrected chi connectivity index (χ3v) is 4.46. The second kappa shape index (κ2) is 12.6. The quantitative estimate of drug-likeness (QED) is 0.314. The molecule has 1 aromatic carbocycles. The molecule has 0 amide bonds. The summed E-state index contributed by atoms with van der Waals surface area (Å²) in [4.78, 5) is 7.01. The van der Waals surface area contributed by atoms with Crippen molar-refractivity contribution in [2.45, 2.75) is 59.2 Å². The van der Waals surface area contributed by atoms with Crippen molar-refractivity contribution < 1.29 is 9.84 Å². The van der Waals surface area contributed by atoms with Crippen LogP contribution in [0.2, 0.25) is 0 Å². The zero-order chi connectivity index (χ0) is 20.2. The van der Waals surface area contributed by atoms with Crippen LogP contribution in [-0.4, -0.2) is 61.3 Å². The van der Waals surface area contributed by atoms with Gasteiger partial charge in [-0.2, -0.15) is 0 Å². The number of hydrogen-bond acceptors (Lipinski definition) is 4. The van der Waals surface area contributed by atoms with Crippen LogP contribution in [0.15, 0.2) is 29.3 Å². The first-order chi connectivity index (χ1) is 12.9. The minimum absolute atomic E-state index is 0.298. The van der Waals surface area contributed by atoms with E-state index < -0.39 is 6.10 Å². The van der Waals surface area contributed by atoms with Gasteiger partial charge in [0.25, 0.3) is 0 Å². The summed E-state index contributed by atoms with van der Waals surface area (Å²) in [5.41, 5.74) is 0.804. The highest BCUT2D eigenvalue weighted by Crippen LogP contribution is 2.19. The topological polar surface area (TPSA) is 69.1 Å². The molecule has 6 heteroatoms. The average molecular weight is 379 g/mol. The van der Waals surface area contributed by atoms with Crippen LogP contribution in [-0.2, 0) is 0 Å². The van der Waals surface area contributed by atoms with Crippen LogP contribution >= 0.6 is 0 Å². The van der Waals surface area contributed by atoms with Crippen molar-refractivity contribution in [1.82, 2.24) is 15.5 Å². The van der Waals surface area contributed by atoms with Crippen molar-refractivity contribution in [3.63, 3.8) is 0 Å². The van der Waals surface area contributed by atoms with Crippen LogP contribution < -0.4 is 15.4 Å². The van der Waals surface area contributed by atoms with Gasteiger partial charge in [0.2, 0.25) is 0 Å². The van der Waals surface area contributed by atoms with E-state index in [-0.39, 0.29) is 0 Å². The minimum atomic E-state index is -0.659. The molecule has 0 fully saturated rings. The minimum Gasteiger partial charge on any atom is -0.497 e. The third-order valence-electron chi connectivity index (χ3n) is 4.46. The molecule has 0 heterocycles. The number of rotatable bonds is 11. The molecule has 6 nitrogen and oxygen atoms in total. The molecule has 0 aromatic heterocycles. The van der Waals surface area contributed by atoms with Gasteiger partial charge >= 0.3 is 0 Å². The Morgan fingerprint density at radius 2 is 1.89 bits per heavy atom. The standard InChI is InChI=1S/C21H38N4O2/c1-7-22-21(23-12-9-13-25(16(2)3)17(4)5)24-15-20(26)18-10-8-11-19(14-18)27-6/h8,10-11,14,16-17,20,26H,7,9,12-13,15H2,1-6H3,(H2,22,23,24). The molecule has 1 rings (SSSR count). The lowest BCUT2D eigenvalue weighted by Crippen LogP contribution is -2.41. The number of methoxy groups -OCH3 is 1. The lowest BCUT2D eigenvalue weighted by molar-refractivity contribution is 0.173. The van der Waals surface area contributed by atoms with Gasteiger partial charge in [-0.3, -0.25) is 9.89 Å². The summed E-state index contributed by atoms with van der Waals surface area (Å²) < 4.78 is 5.21. The fourth-order valence-corrected chi connectivity index (χ4v) is 3.05. The Morgan fingerprint density at radius 1 is 1.19 bits per heavy atom. The lowest BCUT2D eigenvalue weighted by Gasteiger charge is -2.30. The van der Waals surface area contributed by atoms with Gasteiger partial charge in [-0.25, -0.2) is 0 Å². The molecular weight excluding hydrogens is 340 g/mol. The lowest BCUT2D eigenvalue weighted by atomic mass is 10.1. The van der Waals surface area contributed by atoms with E-state index in [0.717, 1.165) is 43.3 Å². The third kappa shape index (κ3) is 8.63. The summed E-state index contributed by atoms with van der Waals surface area (Å²) in [5, 5.41) is 17.0. The predicted molar refractivity (Wildman–Crippen MR) is 114 cm³/mol. The van der Waals surface area contributed by atoms with Gasteiger partial charge in [0.05, 0.1) is 19.8 Å². The van der Waals surface area contributed by atoms with Crippen LogP contribution in [0.4, 0.5) is 0 Å². The van der Waals surface area contributed by atoms with E-state index in [2.05, 4.69) is 48.2 Å². The van der Waals surface area contributed by atoms with Gasteiger partial charge in [0, 0.05) is 31.7 Å². The largest absolute Gasteiger partial charge is 0.497 e. The molecule has 3 N–H and O–H groups in total. The normalized spacial score (nSPS) is 13.3. The SMILES string of the molecule is CCNC(=NCC(O)c1cccc(OC)c1)NCCCN(C(C)C)C(C)C. The summed E-state index contributed by atoms with van der Waals surface area (Å²) in [6.07, 6.45) is 0.382. The highest BCUT2D eigenvalue weighted by atomic mass is 16.5. The Labute approximate surface area is 165 Å². The predicted octanol–water partition coefficient (Wildman–Crippen LogP) is 2.79. The number of nitrogens with one attached hydrogen (secondary N) is 2. The second-order valence-electron chi connectivity index (χ2n) is 7.22. The number of nitrogens with zero attached hydrogens (tertiary/aromatic N) is 2. The molecule has 0 aliphatic heterocycles. The molecule has 0 aliphatic carbocycles. The Balaban J connectivity index is 2.53. The molecule has 0 saturated heterocycles. The van der Waals surface area contributed by atoms with Crippen molar-refractivity contribution in [2.75, 3.05) is 33.3 Å². The highest BCUT2D eigenvalue weighted by Gasteiger charge is 2.12. The second-order valence-corrected chi connectivity index (χ2v) is 7.22. The van der Waals surface area contributed by atoms with Crippen molar-refractivity contribution in [1.29, 1.82) is 0 Å². The zero-order valence-electron chi connectivity index (χ0n) is 17.8. The van der Waals surface area contributed by atoms with Gasteiger partial charge in [0.1, 0.15) is 5.75 Å². The maximum atomic E-state index is 10.4. The van der Waals surface area contributed by atoms with Crippen molar-refractivity contribution in [3.8, 4) is 5.75 Å². The first-order valence-electron chi connectivity index (χ1n) is 9.98. The molecule has 1 unspecified atom stereocenters. The van der Waals surface area contributed by atoms with E-state index in [4.69, 9.17) is 4.74 Å². The van der Waals surface area contributed by atoms with E-state index in [1.54, 1.807) is 7.11 Å². The van der Waals surface area contributed by atoms with Crippen molar-refractivity contribution in [2.24, 2.45) is 4.99 Å². The summed E-state index contributed by atoms with van der Waals surface area (Å²) in [6.45, 7) is 14.0. The van der Waals surface area contributed by atoms with Crippen LogP contribution in [0.5, 0.6) is 5.75 Å². The summed E-state index contributed by atoms with van der Waals surface area (Å²) in [7, 11) is 1.62. The molecule has 0 aliphatic rings. The zero-order valence-corrected chi connectivity index (χ0v) is 17.8. The van der Waals surface area contributed by atoms with E-state index in [1.165, 1.54) is 0 Å². The van der Waals surface area contributed by atoms with Gasteiger partial charge in [-0.05, 0) is 58.7 Å². The Morgan fingerprint density at radius 3 is 2.48 bits per heavy atom. The Kier molecular flexibility index (Phi) is 10.8. The van der Waals surface area contributed by atoms with Crippen molar-refractivity contribution >= 4 is 5.96 Å².